The molecule has 1 amide bonds. The molecule has 0 atom stereocenters. The average molecular weight is 278 g/mol. The zero-order chi connectivity index (χ0) is 15.1. The van der Waals surface area contributed by atoms with Gasteiger partial charge in [-0.05, 0) is 32.4 Å². The third kappa shape index (κ3) is 2.16. The molecule has 1 aromatic rings. The summed E-state index contributed by atoms with van der Waals surface area (Å²) >= 11 is 0. The molecule has 0 spiro atoms. The Morgan fingerprint density at radius 3 is 2.45 bits per heavy atom. The molecule has 1 aliphatic heterocycles. The summed E-state index contributed by atoms with van der Waals surface area (Å²) in [5.74, 6) is -3.75. The summed E-state index contributed by atoms with van der Waals surface area (Å²) in [5.41, 5.74) is -1.57. The van der Waals surface area contributed by atoms with Crippen LogP contribution in [0.2, 0.25) is 0 Å². The minimum Gasteiger partial charge on any atom is -0.302 e. The Bertz CT molecular complexity index is 647. The van der Waals surface area contributed by atoms with E-state index in [-0.39, 0.29) is 18.7 Å². The van der Waals surface area contributed by atoms with E-state index in [0.717, 1.165) is 17.0 Å². The van der Waals surface area contributed by atoms with Gasteiger partial charge in [0.1, 0.15) is 11.6 Å². The van der Waals surface area contributed by atoms with Crippen LogP contribution in [-0.2, 0) is 4.79 Å². The molecule has 0 aliphatic carbocycles. The maximum absolute atomic E-state index is 13.8. The first kappa shape index (κ1) is 14.1. The summed E-state index contributed by atoms with van der Waals surface area (Å²) in [7, 11) is 0. The minimum absolute atomic E-state index is 0.0154. The fourth-order valence-electron chi connectivity index (χ4n) is 2.01. The van der Waals surface area contributed by atoms with Crippen molar-refractivity contribution in [2.45, 2.75) is 20.3 Å². The molecule has 0 N–H and O–H groups in total. The second-order valence-electron chi connectivity index (χ2n) is 5.28. The Labute approximate surface area is 114 Å². The van der Waals surface area contributed by atoms with Gasteiger partial charge in [-0.2, -0.15) is 5.26 Å². The number of Topliss-reactive ketones (excluding diaryl/α,β-unsaturated/α-hetero) is 1. The predicted octanol–water partition coefficient (Wildman–Crippen LogP) is 2.43. The third-order valence-electron chi connectivity index (χ3n) is 3.28. The van der Waals surface area contributed by atoms with Crippen LogP contribution in [-0.4, -0.2) is 18.2 Å². The lowest BCUT2D eigenvalue weighted by Crippen LogP contribution is -2.33. The van der Waals surface area contributed by atoms with E-state index >= 15 is 0 Å². The van der Waals surface area contributed by atoms with Crippen LogP contribution in [0.3, 0.4) is 0 Å². The second-order valence-corrected chi connectivity index (χ2v) is 5.28. The first-order valence-electron chi connectivity index (χ1n) is 6.04. The van der Waals surface area contributed by atoms with Gasteiger partial charge in [0.15, 0.2) is 0 Å². The Balaban J connectivity index is 2.39. The molecule has 4 nitrogen and oxygen atoms in total. The number of carbonyl (C=O) groups is 2. The van der Waals surface area contributed by atoms with Crippen LogP contribution in [0.5, 0.6) is 0 Å². The largest absolute Gasteiger partial charge is 0.302 e. The second kappa shape index (κ2) is 4.67. The van der Waals surface area contributed by atoms with Crippen molar-refractivity contribution < 1.29 is 18.4 Å². The highest BCUT2D eigenvalue weighted by Crippen LogP contribution is 2.34. The van der Waals surface area contributed by atoms with Gasteiger partial charge in [0.05, 0.1) is 22.7 Å². The SMILES string of the molecule is CC(C)(C#N)CCN1C(=O)C(=O)c2c(F)ccc(F)c21. The van der Waals surface area contributed by atoms with E-state index in [1.54, 1.807) is 13.8 Å². The molecule has 0 unspecified atom stereocenters. The molecule has 1 heterocycles. The summed E-state index contributed by atoms with van der Waals surface area (Å²) in [6.45, 7) is 3.31. The van der Waals surface area contributed by atoms with E-state index < -0.39 is 34.3 Å². The van der Waals surface area contributed by atoms with Gasteiger partial charge in [-0.1, -0.05) is 0 Å². The number of nitrogens with zero attached hydrogens (tertiary/aromatic N) is 2. The van der Waals surface area contributed by atoms with Gasteiger partial charge < -0.3 is 4.90 Å². The van der Waals surface area contributed by atoms with Crippen molar-refractivity contribution in [1.29, 1.82) is 5.26 Å². The lowest BCUT2D eigenvalue weighted by molar-refractivity contribution is -0.114. The third-order valence-corrected chi connectivity index (χ3v) is 3.28. The maximum atomic E-state index is 13.8. The van der Waals surface area contributed by atoms with E-state index in [1.165, 1.54) is 0 Å². The summed E-state index contributed by atoms with van der Waals surface area (Å²) in [6, 6.07) is 3.75. The molecule has 1 aromatic carbocycles. The Kier molecular flexibility index (Phi) is 3.30. The molecular weight excluding hydrogens is 266 g/mol. The van der Waals surface area contributed by atoms with Gasteiger partial charge in [-0.15, -0.1) is 0 Å². The molecule has 6 heteroatoms. The Morgan fingerprint density at radius 1 is 1.25 bits per heavy atom. The average Bonchev–Trinajstić information content (AvgIpc) is 2.66. The zero-order valence-corrected chi connectivity index (χ0v) is 11.0. The molecule has 0 bridgehead atoms. The number of carbonyl (C=O) groups excluding carboxylic acids is 2. The molecule has 20 heavy (non-hydrogen) atoms. The number of nitriles is 1. The lowest BCUT2D eigenvalue weighted by Gasteiger charge is -2.21. The number of benzene rings is 1. The quantitative estimate of drug-likeness (QED) is 0.798. The van der Waals surface area contributed by atoms with Crippen molar-refractivity contribution in [2.75, 3.05) is 11.4 Å². The molecule has 104 valence electrons. The van der Waals surface area contributed by atoms with E-state index in [2.05, 4.69) is 6.07 Å². The summed E-state index contributed by atoms with van der Waals surface area (Å²) < 4.78 is 27.4. The number of hydrogen-bond donors (Lipinski definition) is 0. The lowest BCUT2D eigenvalue weighted by atomic mass is 9.91. The van der Waals surface area contributed by atoms with Gasteiger partial charge in [-0.25, -0.2) is 8.78 Å². The number of amides is 1. The van der Waals surface area contributed by atoms with E-state index in [4.69, 9.17) is 5.26 Å². The van der Waals surface area contributed by atoms with Crippen LogP contribution in [0.1, 0.15) is 30.6 Å². The van der Waals surface area contributed by atoms with E-state index in [9.17, 15) is 18.4 Å². The molecule has 2 rings (SSSR count). The highest BCUT2D eigenvalue weighted by atomic mass is 19.1. The normalized spacial score (nSPS) is 14.4. The van der Waals surface area contributed by atoms with Crippen molar-refractivity contribution >= 4 is 17.4 Å². The molecule has 1 aliphatic rings. The van der Waals surface area contributed by atoms with Gasteiger partial charge in [0, 0.05) is 6.54 Å². The van der Waals surface area contributed by atoms with Gasteiger partial charge in [0.2, 0.25) is 0 Å². The standard InChI is InChI=1S/C14H12F2N2O2/c1-14(2,7-17)5-6-18-11-9(16)4-3-8(15)10(11)12(19)13(18)20/h3-4H,5-6H2,1-2H3. The number of hydrogen-bond acceptors (Lipinski definition) is 3. The summed E-state index contributed by atoms with van der Waals surface area (Å²) in [6.07, 6.45) is 0.248. The Morgan fingerprint density at radius 2 is 1.85 bits per heavy atom. The Hall–Kier alpha value is -2.29. The first-order chi connectivity index (χ1) is 9.28. The number of halogens is 2. The van der Waals surface area contributed by atoms with Crippen molar-refractivity contribution in [3.05, 3.63) is 29.3 Å². The summed E-state index contributed by atoms with van der Waals surface area (Å²) in [4.78, 5) is 24.5. The highest BCUT2D eigenvalue weighted by molar-refractivity contribution is 6.52. The monoisotopic (exact) mass is 278 g/mol. The molecule has 0 radical (unpaired) electrons. The number of anilines is 1. The van der Waals surface area contributed by atoms with Crippen molar-refractivity contribution in [3.63, 3.8) is 0 Å². The molecule has 0 saturated carbocycles. The molecule has 0 saturated heterocycles. The number of ketones is 1. The van der Waals surface area contributed by atoms with Crippen LogP contribution in [0.15, 0.2) is 12.1 Å². The number of rotatable bonds is 3. The van der Waals surface area contributed by atoms with Crippen molar-refractivity contribution in [3.8, 4) is 6.07 Å². The topological polar surface area (TPSA) is 61.2 Å². The highest BCUT2D eigenvalue weighted by Gasteiger charge is 2.40. The van der Waals surface area contributed by atoms with Crippen molar-refractivity contribution in [2.24, 2.45) is 5.41 Å². The van der Waals surface area contributed by atoms with Crippen LogP contribution in [0.25, 0.3) is 0 Å². The van der Waals surface area contributed by atoms with Gasteiger partial charge >= 0.3 is 0 Å². The van der Waals surface area contributed by atoms with Crippen LogP contribution < -0.4 is 4.90 Å². The zero-order valence-electron chi connectivity index (χ0n) is 11.0. The fourth-order valence-corrected chi connectivity index (χ4v) is 2.01. The van der Waals surface area contributed by atoms with Crippen LogP contribution in [0, 0.1) is 28.4 Å². The van der Waals surface area contributed by atoms with Crippen LogP contribution >= 0.6 is 0 Å². The molecule has 0 aromatic heterocycles. The first-order valence-corrected chi connectivity index (χ1v) is 6.04. The van der Waals surface area contributed by atoms with Crippen LogP contribution in [0.4, 0.5) is 14.5 Å². The molecule has 0 fully saturated rings. The maximum Gasteiger partial charge on any atom is 0.299 e. The van der Waals surface area contributed by atoms with Gasteiger partial charge in [0.25, 0.3) is 11.7 Å². The van der Waals surface area contributed by atoms with E-state index in [0.29, 0.717) is 0 Å². The molecular formula is C14H12F2N2O2. The smallest absolute Gasteiger partial charge is 0.299 e. The predicted molar refractivity (Wildman–Crippen MR) is 67.1 cm³/mol. The van der Waals surface area contributed by atoms with E-state index in [1.807, 2.05) is 0 Å². The minimum atomic E-state index is -1.05. The number of fused-ring (bicyclic) bond motifs is 1. The summed E-state index contributed by atoms with van der Waals surface area (Å²) in [5, 5.41) is 8.93. The van der Waals surface area contributed by atoms with Crippen molar-refractivity contribution in [1.82, 2.24) is 0 Å². The van der Waals surface area contributed by atoms with Gasteiger partial charge in [-0.3, -0.25) is 9.59 Å². The fraction of sp³-hybridized carbons (Fsp3) is 0.357.